The maximum absolute atomic E-state index is 13.2. The lowest BCUT2D eigenvalue weighted by atomic mass is 10.1. The first-order chi connectivity index (χ1) is 21.1. The minimum absolute atomic E-state index is 0.0243. The van der Waals surface area contributed by atoms with Crippen LogP contribution in [0.5, 0.6) is 0 Å². The molecule has 0 radical (unpaired) electrons. The Morgan fingerprint density at radius 3 is 2.58 bits per heavy atom. The van der Waals surface area contributed by atoms with E-state index in [0.717, 1.165) is 70.4 Å². The number of pyridine rings is 1. The van der Waals surface area contributed by atoms with Crippen molar-refractivity contribution in [1.29, 1.82) is 0 Å². The van der Waals surface area contributed by atoms with Gasteiger partial charge in [-0.25, -0.2) is 0 Å². The Morgan fingerprint density at radius 1 is 0.953 bits per heavy atom. The van der Waals surface area contributed by atoms with Crippen LogP contribution in [0.2, 0.25) is 0 Å². The smallest absolute Gasteiger partial charge is 0.236 e. The highest BCUT2D eigenvalue weighted by molar-refractivity contribution is 7.09. The molecular weight excluding hydrogens is 562 g/mol. The fraction of sp³-hybridized carbons (Fsp3) is 0.290. The minimum atomic E-state index is -0.166. The Kier molecular flexibility index (Phi) is 7.52. The third kappa shape index (κ3) is 5.84. The summed E-state index contributed by atoms with van der Waals surface area (Å²) >= 11 is 1.40. The average Bonchev–Trinajstić information content (AvgIpc) is 3.82. The zero-order chi connectivity index (χ0) is 29.2. The molecule has 11 nitrogen and oxygen atoms in total. The first-order valence-corrected chi connectivity index (χ1v) is 15.2. The molecule has 12 heteroatoms. The third-order valence-corrected chi connectivity index (χ3v) is 8.91. The van der Waals surface area contributed by atoms with E-state index in [1.54, 1.807) is 12.4 Å². The van der Waals surface area contributed by atoms with E-state index < -0.39 is 0 Å². The van der Waals surface area contributed by atoms with E-state index in [1.165, 1.54) is 11.5 Å². The molecule has 0 saturated carbocycles. The van der Waals surface area contributed by atoms with Gasteiger partial charge in [-0.1, -0.05) is 30.3 Å². The summed E-state index contributed by atoms with van der Waals surface area (Å²) in [6, 6.07) is 19.5. The van der Waals surface area contributed by atoms with Crippen molar-refractivity contribution >= 4 is 45.1 Å². The second kappa shape index (κ2) is 11.9. The van der Waals surface area contributed by atoms with Crippen molar-refractivity contribution in [1.82, 2.24) is 34.3 Å². The number of carbonyl (C=O) groups excluding carboxylic acids is 2. The van der Waals surface area contributed by atoms with E-state index in [1.807, 2.05) is 65.6 Å². The van der Waals surface area contributed by atoms with Crippen LogP contribution in [0.4, 0.5) is 10.8 Å². The van der Waals surface area contributed by atoms with Crippen LogP contribution in [0.3, 0.4) is 0 Å². The number of anilines is 2. The van der Waals surface area contributed by atoms with Crippen molar-refractivity contribution in [2.75, 3.05) is 56.0 Å². The standard InChI is InChI=1S/C31H31N9O2S/c41-27(39-14-16-40(17-15-39)31-34-29(37-43-31)22-4-2-1-3-5-22)20-38-13-10-23(19-38)30(42)33-24-6-7-26-25(18-24)28(36-35-26)21-8-11-32-12-9-21/h1-9,11-12,18,23H,10,13-17,19-20H2,(H,33,42)(H,35,36)/t23-/m1/s1. The van der Waals surface area contributed by atoms with Gasteiger partial charge in [0, 0.05) is 78.9 Å². The van der Waals surface area contributed by atoms with Gasteiger partial charge in [0.1, 0.15) is 5.69 Å². The number of H-pyrrole nitrogens is 1. The second-order valence-corrected chi connectivity index (χ2v) is 11.6. The maximum Gasteiger partial charge on any atom is 0.236 e. The summed E-state index contributed by atoms with van der Waals surface area (Å²) in [7, 11) is 0. The molecule has 7 rings (SSSR count). The van der Waals surface area contributed by atoms with Crippen LogP contribution in [0.25, 0.3) is 33.5 Å². The number of nitrogens with one attached hydrogen (secondary N) is 2. The molecule has 5 heterocycles. The quantitative estimate of drug-likeness (QED) is 0.293. The van der Waals surface area contributed by atoms with Crippen LogP contribution in [0.1, 0.15) is 6.42 Å². The SMILES string of the molecule is O=C(Nc1ccc2[nH]nc(-c3ccncc3)c2c1)[C@@H]1CCN(CC(=O)N2CCN(c3nc(-c4ccccc4)ns3)CC2)C1. The topological polar surface area (TPSA) is 123 Å². The Labute approximate surface area is 252 Å². The van der Waals surface area contributed by atoms with Crippen molar-refractivity contribution in [3.8, 4) is 22.6 Å². The van der Waals surface area contributed by atoms with E-state index in [2.05, 4.69) is 34.7 Å². The molecule has 2 N–H and O–H groups in total. The number of hydrogen-bond donors (Lipinski definition) is 2. The third-order valence-electron chi connectivity index (χ3n) is 8.14. The van der Waals surface area contributed by atoms with Crippen molar-refractivity contribution in [3.05, 3.63) is 73.1 Å². The summed E-state index contributed by atoms with van der Waals surface area (Å²) < 4.78 is 4.52. The molecule has 0 unspecified atom stereocenters. The van der Waals surface area contributed by atoms with Gasteiger partial charge in [-0.3, -0.25) is 24.6 Å². The lowest BCUT2D eigenvalue weighted by Gasteiger charge is -2.35. The largest absolute Gasteiger partial charge is 0.343 e. The Morgan fingerprint density at radius 2 is 1.77 bits per heavy atom. The molecule has 5 aromatic rings. The van der Waals surface area contributed by atoms with Crippen LogP contribution >= 0.6 is 11.5 Å². The van der Waals surface area contributed by atoms with Crippen molar-refractivity contribution in [2.45, 2.75) is 6.42 Å². The predicted molar refractivity (Wildman–Crippen MR) is 167 cm³/mol. The van der Waals surface area contributed by atoms with Crippen LogP contribution in [-0.4, -0.2) is 92.0 Å². The Bertz CT molecular complexity index is 1730. The van der Waals surface area contributed by atoms with Crippen LogP contribution in [0, 0.1) is 5.92 Å². The van der Waals surface area contributed by atoms with Gasteiger partial charge >= 0.3 is 0 Å². The number of fused-ring (bicyclic) bond motifs is 1. The number of piperazine rings is 1. The second-order valence-electron chi connectivity index (χ2n) is 10.9. The minimum Gasteiger partial charge on any atom is -0.343 e. The number of carbonyl (C=O) groups is 2. The molecule has 1 atom stereocenters. The number of benzene rings is 2. The van der Waals surface area contributed by atoms with E-state index in [-0.39, 0.29) is 17.7 Å². The first kappa shape index (κ1) is 27.2. The van der Waals surface area contributed by atoms with E-state index in [4.69, 9.17) is 4.98 Å². The Balaban J connectivity index is 0.904. The molecule has 0 bridgehead atoms. The summed E-state index contributed by atoms with van der Waals surface area (Å²) in [5.74, 6) is 0.657. The fourth-order valence-corrected chi connectivity index (χ4v) is 6.48. The number of rotatable bonds is 7. The van der Waals surface area contributed by atoms with Gasteiger partial charge in [0.05, 0.1) is 18.0 Å². The summed E-state index contributed by atoms with van der Waals surface area (Å²) in [6.45, 7) is 4.37. The lowest BCUT2D eigenvalue weighted by molar-refractivity contribution is -0.132. The summed E-state index contributed by atoms with van der Waals surface area (Å²) in [5, 5.41) is 12.4. The van der Waals surface area contributed by atoms with Gasteiger partial charge in [-0.05, 0) is 43.3 Å². The first-order valence-electron chi connectivity index (χ1n) is 14.4. The molecule has 3 aromatic heterocycles. The molecule has 2 saturated heterocycles. The van der Waals surface area contributed by atoms with Gasteiger partial charge in [0.2, 0.25) is 16.9 Å². The van der Waals surface area contributed by atoms with Crippen molar-refractivity contribution in [2.24, 2.45) is 5.92 Å². The van der Waals surface area contributed by atoms with Crippen molar-refractivity contribution in [3.63, 3.8) is 0 Å². The van der Waals surface area contributed by atoms with Gasteiger partial charge in [-0.15, -0.1) is 0 Å². The monoisotopic (exact) mass is 593 g/mol. The number of aromatic nitrogens is 5. The van der Waals surface area contributed by atoms with Crippen LogP contribution in [-0.2, 0) is 9.59 Å². The molecule has 2 aliphatic heterocycles. The summed E-state index contributed by atoms with van der Waals surface area (Å²) in [4.78, 5) is 41.3. The highest BCUT2D eigenvalue weighted by Crippen LogP contribution is 2.29. The Hall–Kier alpha value is -4.68. The lowest BCUT2D eigenvalue weighted by Crippen LogP contribution is -2.51. The molecular formula is C31H31N9O2S. The van der Waals surface area contributed by atoms with Crippen molar-refractivity contribution < 1.29 is 9.59 Å². The number of nitrogens with zero attached hydrogens (tertiary/aromatic N) is 7. The summed E-state index contributed by atoms with van der Waals surface area (Å²) in [6.07, 6.45) is 4.20. The fourth-order valence-electron chi connectivity index (χ4n) is 5.74. The molecule has 2 aromatic carbocycles. The number of likely N-dealkylation sites (tertiary alicyclic amines) is 1. The predicted octanol–water partition coefficient (Wildman–Crippen LogP) is 3.75. The normalized spacial score (nSPS) is 17.4. The van der Waals surface area contributed by atoms with E-state index in [9.17, 15) is 9.59 Å². The molecule has 0 spiro atoms. The van der Waals surface area contributed by atoms with Crippen LogP contribution in [0.15, 0.2) is 73.1 Å². The van der Waals surface area contributed by atoms with Gasteiger partial charge in [0.25, 0.3) is 0 Å². The van der Waals surface area contributed by atoms with E-state index >= 15 is 0 Å². The zero-order valence-corrected chi connectivity index (χ0v) is 24.3. The number of hydrogen-bond acceptors (Lipinski definition) is 9. The van der Waals surface area contributed by atoms with Gasteiger partial charge < -0.3 is 15.1 Å². The summed E-state index contributed by atoms with van der Waals surface area (Å²) in [5.41, 5.74) is 4.41. The van der Waals surface area contributed by atoms with Crippen LogP contribution < -0.4 is 10.2 Å². The van der Waals surface area contributed by atoms with E-state index in [0.29, 0.717) is 26.2 Å². The highest BCUT2D eigenvalue weighted by atomic mass is 32.1. The molecule has 43 heavy (non-hydrogen) atoms. The maximum atomic E-state index is 13.2. The number of amides is 2. The molecule has 2 aliphatic rings. The average molecular weight is 594 g/mol. The molecule has 218 valence electrons. The molecule has 0 aliphatic carbocycles. The molecule has 2 fully saturated rings. The zero-order valence-electron chi connectivity index (χ0n) is 23.5. The number of aromatic amines is 1. The van der Waals surface area contributed by atoms with Gasteiger partial charge in [0.15, 0.2) is 5.82 Å². The van der Waals surface area contributed by atoms with Gasteiger partial charge in [-0.2, -0.15) is 14.5 Å². The molecule has 2 amide bonds. The highest BCUT2D eigenvalue weighted by Gasteiger charge is 2.31.